The van der Waals surface area contributed by atoms with Gasteiger partial charge in [-0.05, 0) is 37.0 Å². The molecule has 10 heteroatoms. The SMILES string of the molecule is O=c1[nH]c(CSc2nnc(Nc3ccccc3F)s2)nc2sc3c(c12)CCC3. The first kappa shape index (κ1) is 17.8. The van der Waals surface area contributed by atoms with Gasteiger partial charge in [0.1, 0.15) is 16.5 Å². The first-order valence-electron chi connectivity index (χ1n) is 8.68. The Morgan fingerprint density at radius 3 is 3.00 bits per heavy atom. The van der Waals surface area contributed by atoms with E-state index >= 15 is 0 Å². The summed E-state index contributed by atoms with van der Waals surface area (Å²) >= 11 is 4.40. The Hall–Kier alpha value is -2.30. The molecule has 1 aromatic carbocycles. The van der Waals surface area contributed by atoms with Gasteiger partial charge in [-0.25, -0.2) is 9.37 Å². The molecule has 0 spiro atoms. The maximum Gasteiger partial charge on any atom is 0.259 e. The van der Waals surface area contributed by atoms with Crippen molar-refractivity contribution in [2.75, 3.05) is 5.32 Å². The highest BCUT2D eigenvalue weighted by Crippen LogP contribution is 2.35. The van der Waals surface area contributed by atoms with E-state index in [1.54, 1.807) is 29.5 Å². The number of thioether (sulfide) groups is 1. The van der Waals surface area contributed by atoms with Gasteiger partial charge in [-0.3, -0.25) is 4.79 Å². The van der Waals surface area contributed by atoms with Crippen LogP contribution in [0.3, 0.4) is 0 Å². The number of rotatable bonds is 5. The van der Waals surface area contributed by atoms with Crippen LogP contribution >= 0.6 is 34.4 Å². The van der Waals surface area contributed by atoms with Crippen molar-refractivity contribution in [3.05, 3.63) is 56.7 Å². The molecule has 0 radical (unpaired) electrons. The van der Waals surface area contributed by atoms with Crippen molar-refractivity contribution in [2.24, 2.45) is 0 Å². The lowest BCUT2D eigenvalue weighted by Gasteiger charge is -2.02. The van der Waals surface area contributed by atoms with E-state index < -0.39 is 0 Å². The largest absolute Gasteiger partial charge is 0.328 e. The zero-order valence-electron chi connectivity index (χ0n) is 14.5. The van der Waals surface area contributed by atoms with Crippen LogP contribution in [0.5, 0.6) is 0 Å². The molecule has 3 heterocycles. The van der Waals surface area contributed by atoms with Gasteiger partial charge in [0.2, 0.25) is 5.13 Å². The van der Waals surface area contributed by atoms with Gasteiger partial charge in [-0.15, -0.1) is 21.5 Å². The number of aryl methyl sites for hydroxylation is 2. The monoisotopic (exact) mass is 431 g/mol. The maximum atomic E-state index is 13.7. The third-order valence-electron chi connectivity index (χ3n) is 4.48. The summed E-state index contributed by atoms with van der Waals surface area (Å²) in [4.78, 5) is 22.2. The number of anilines is 2. The van der Waals surface area contributed by atoms with Gasteiger partial charge in [0.05, 0.1) is 16.8 Å². The summed E-state index contributed by atoms with van der Waals surface area (Å²) in [5.41, 5.74) is 1.48. The second-order valence-electron chi connectivity index (χ2n) is 6.32. The summed E-state index contributed by atoms with van der Waals surface area (Å²) in [7, 11) is 0. The molecule has 3 aromatic heterocycles. The van der Waals surface area contributed by atoms with Gasteiger partial charge in [-0.2, -0.15) is 0 Å². The minimum Gasteiger partial charge on any atom is -0.328 e. The standard InChI is InChI=1S/C18H14FN5OS3/c19-10-5-1-2-6-11(10)20-17-23-24-18(28-17)26-8-13-21-15(25)14-9-4-3-7-12(9)27-16(14)22-13/h1-2,5-6H,3-4,7-8H2,(H,20,23)(H,21,22,25). The fourth-order valence-electron chi connectivity index (χ4n) is 3.24. The lowest BCUT2D eigenvalue weighted by atomic mass is 10.2. The van der Waals surface area contributed by atoms with Gasteiger partial charge >= 0.3 is 0 Å². The quantitative estimate of drug-likeness (QED) is 0.453. The first-order chi connectivity index (χ1) is 13.7. The molecule has 28 heavy (non-hydrogen) atoms. The number of aromatic nitrogens is 4. The highest BCUT2D eigenvalue weighted by molar-refractivity contribution is 8.00. The second kappa shape index (κ2) is 7.26. The van der Waals surface area contributed by atoms with Crippen LogP contribution in [-0.4, -0.2) is 20.2 Å². The van der Waals surface area contributed by atoms with Crippen molar-refractivity contribution >= 4 is 55.5 Å². The van der Waals surface area contributed by atoms with Crippen LogP contribution in [0.4, 0.5) is 15.2 Å². The maximum absolute atomic E-state index is 13.7. The van der Waals surface area contributed by atoms with Crippen molar-refractivity contribution in [1.29, 1.82) is 0 Å². The van der Waals surface area contributed by atoms with Crippen LogP contribution in [0.2, 0.25) is 0 Å². The van der Waals surface area contributed by atoms with Crippen molar-refractivity contribution in [3.63, 3.8) is 0 Å². The Morgan fingerprint density at radius 1 is 1.21 bits per heavy atom. The molecule has 0 bridgehead atoms. The van der Waals surface area contributed by atoms with Gasteiger partial charge < -0.3 is 10.3 Å². The molecule has 0 saturated carbocycles. The number of H-pyrrole nitrogens is 1. The fraction of sp³-hybridized carbons (Fsp3) is 0.222. The van der Waals surface area contributed by atoms with Gasteiger partial charge in [0, 0.05) is 4.88 Å². The van der Waals surface area contributed by atoms with E-state index in [9.17, 15) is 9.18 Å². The van der Waals surface area contributed by atoms with Gasteiger partial charge in [0.25, 0.3) is 5.56 Å². The molecule has 4 aromatic rings. The first-order valence-corrected chi connectivity index (χ1v) is 11.3. The average molecular weight is 432 g/mol. The van der Waals surface area contributed by atoms with Crippen molar-refractivity contribution in [2.45, 2.75) is 29.4 Å². The van der Waals surface area contributed by atoms with Crippen molar-refractivity contribution < 1.29 is 4.39 Å². The smallest absolute Gasteiger partial charge is 0.259 e. The number of thiophene rings is 1. The molecule has 0 amide bonds. The van der Waals surface area contributed by atoms with Crippen LogP contribution < -0.4 is 10.9 Å². The van der Waals surface area contributed by atoms with Crippen LogP contribution in [0.1, 0.15) is 22.7 Å². The number of hydrogen-bond acceptors (Lipinski definition) is 8. The predicted octanol–water partition coefficient (Wildman–Crippen LogP) is 4.50. The Morgan fingerprint density at radius 2 is 2.11 bits per heavy atom. The predicted molar refractivity (Wildman–Crippen MR) is 111 cm³/mol. The lowest BCUT2D eigenvalue weighted by molar-refractivity contribution is 0.632. The molecule has 0 fully saturated rings. The normalized spacial score (nSPS) is 13.2. The van der Waals surface area contributed by atoms with Crippen LogP contribution in [0.25, 0.3) is 10.2 Å². The summed E-state index contributed by atoms with van der Waals surface area (Å²) in [5.74, 6) is 0.772. The molecular weight excluding hydrogens is 417 g/mol. The topological polar surface area (TPSA) is 83.6 Å². The molecule has 142 valence electrons. The molecule has 5 rings (SSSR count). The Labute approximate surface area is 171 Å². The third kappa shape index (κ3) is 3.31. The Kier molecular flexibility index (Phi) is 4.61. The zero-order valence-corrected chi connectivity index (χ0v) is 16.9. The summed E-state index contributed by atoms with van der Waals surface area (Å²) in [6.45, 7) is 0. The summed E-state index contributed by atoms with van der Waals surface area (Å²) in [5, 5.41) is 12.4. The molecule has 1 aliphatic rings. The van der Waals surface area contributed by atoms with E-state index in [-0.39, 0.29) is 11.4 Å². The van der Waals surface area contributed by atoms with E-state index in [2.05, 4.69) is 25.5 Å². The van der Waals surface area contributed by atoms with Crippen LogP contribution in [0.15, 0.2) is 33.4 Å². The number of para-hydroxylation sites is 1. The fourth-order valence-corrected chi connectivity index (χ4v) is 6.16. The number of benzene rings is 1. The zero-order chi connectivity index (χ0) is 19.1. The average Bonchev–Trinajstić information content (AvgIpc) is 3.37. The molecular formula is C18H14FN5OS3. The minimum absolute atomic E-state index is 0.0563. The van der Waals surface area contributed by atoms with Gasteiger partial charge in [-0.1, -0.05) is 35.2 Å². The molecule has 1 aliphatic carbocycles. The number of nitrogens with one attached hydrogen (secondary N) is 2. The summed E-state index contributed by atoms with van der Waals surface area (Å²) in [6.07, 6.45) is 3.13. The third-order valence-corrected chi connectivity index (χ3v) is 7.65. The number of hydrogen-bond donors (Lipinski definition) is 2. The summed E-state index contributed by atoms with van der Waals surface area (Å²) in [6, 6.07) is 6.42. The molecule has 0 saturated heterocycles. The molecule has 0 atom stereocenters. The van der Waals surface area contributed by atoms with Crippen molar-refractivity contribution in [3.8, 4) is 0 Å². The van der Waals surface area contributed by atoms with Crippen LogP contribution in [-0.2, 0) is 18.6 Å². The number of fused-ring (bicyclic) bond motifs is 3. The van der Waals surface area contributed by atoms with E-state index in [4.69, 9.17) is 0 Å². The highest BCUT2D eigenvalue weighted by Gasteiger charge is 2.21. The minimum atomic E-state index is -0.343. The Balaban J connectivity index is 1.31. The van der Waals surface area contributed by atoms with E-state index in [0.29, 0.717) is 22.4 Å². The van der Waals surface area contributed by atoms with Gasteiger partial charge in [0.15, 0.2) is 4.34 Å². The number of halogens is 1. The Bertz CT molecular complexity index is 1230. The van der Waals surface area contributed by atoms with E-state index in [0.717, 1.165) is 33.8 Å². The number of aromatic amines is 1. The van der Waals surface area contributed by atoms with E-state index in [1.807, 2.05) is 0 Å². The van der Waals surface area contributed by atoms with Crippen LogP contribution in [0, 0.1) is 5.82 Å². The van der Waals surface area contributed by atoms with Crippen molar-refractivity contribution in [1.82, 2.24) is 20.2 Å². The molecule has 6 nitrogen and oxygen atoms in total. The molecule has 2 N–H and O–H groups in total. The molecule has 0 aliphatic heterocycles. The lowest BCUT2D eigenvalue weighted by Crippen LogP contribution is -2.11. The second-order valence-corrected chi connectivity index (χ2v) is 9.60. The summed E-state index contributed by atoms with van der Waals surface area (Å²) < 4.78 is 14.4. The number of nitrogens with zero attached hydrogens (tertiary/aromatic N) is 3. The highest BCUT2D eigenvalue weighted by atomic mass is 32.2. The van der Waals surface area contributed by atoms with E-state index in [1.165, 1.54) is 39.6 Å². The molecule has 0 unspecified atom stereocenters.